The number of halogens is 1. The van der Waals surface area contributed by atoms with E-state index in [9.17, 15) is 4.79 Å². The van der Waals surface area contributed by atoms with Gasteiger partial charge in [0.2, 0.25) is 0 Å². The molecule has 0 aliphatic rings. The van der Waals surface area contributed by atoms with Gasteiger partial charge in [-0.1, -0.05) is 15.2 Å². The zero-order valence-electron chi connectivity index (χ0n) is 6.92. The number of rotatable bonds is 4. The van der Waals surface area contributed by atoms with Crippen LogP contribution in [0.4, 0.5) is 5.69 Å². The van der Waals surface area contributed by atoms with Gasteiger partial charge in [0.1, 0.15) is 5.69 Å². The number of anilines is 1. The largest absolute Gasteiger partial charge is 0.274 e. The lowest BCUT2D eigenvalue weighted by Gasteiger charge is -2.11. The first kappa shape index (κ1) is 10.9. The molecule has 0 fully saturated rings. The minimum Gasteiger partial charge on any atom is -0.274 e. The van der Waals surface area contributed by atoms with Crippen molar-refractivity contribution in [2.24, 2.45) is 7.05 Å². The summed E-state index contributed by atoms with van der Waals surface area (Å²) in [6, 6.07) is 0. The molecular formula is C5H6ClN3O5. The van der Waals surface area contributed by atoms with Crippen LogP contribution in [0, 0.1) is 0 Å². The Kier molecular flexibility index (Phi) is 3.38. The number of aromatic nitrogens is 2. The molecule has 0 bridgehead atoms. The van der Waals surface area contributed by atoms with Crippen LogP contribution in [0.15, 0.2) is 6.20 Å². The Morgan fingerprint density at radius 1 is 1.64 bits per heavy atom. The number of carbonyl (C=O) groups excluding carboxylic acids is 1. The number of hydrogen-bond acceptors (Lipinski definition) is 7. The van der Waals surface area contributed by atoms with Crippen molar-refractivity contribution in [2.45, 2.75) is 0 Å². The topological polar surface area (TPSA) is 97.1 Å². The molecule has 9 heteroatoms. The Morgan fingerprint density at radius 2 is 2.21 bits per heavy atom. The van der Waals surface area contributed by atoms with E-state index >= 15 is 0 Å². The van der Waals surface area contributed by atoms with Crippen LogP contribution in [0.25, 0.3) is 0 Å². The van der Waals surface area contributed by atoms with Crippen LogP contribution in [-0.2, 0) is 17.0 Å². The van der Waals surface area contributed by atoms with Crippen molar-refractivity contribution in [3.63, 3.8) is 0 Å². The predicted octanol–water partition coefficient (Wildman–Crippen LogP) is 0.415. The molecule has 8 nitrogen and oxygen atoms in total. The Morgan fingerprint density at radius 3 is 2.64 bits per heavy atom. The van der Waals surface area contributed by atoms with Crippen LogP contribution in [0.2, 0.25) is 0 Å². The van der Waals surface area contributed by atoms with Crippen molar-refractivity contribution in [3.8, 4) is 0 Å². The van der Waals surface area contributed by atoms with Gasteiger partial charge in [-0.2, -0.15) is 5.10 Å². The zero-order valence-corrected chi connectivity index (χ0v) is 7.67. The van der Waals surface area contributed by atoms with Gasteiger partial charge in [-0.25, -0.2) is 10.5 Å². The van der Waals surface area contributed by atoms with Gasteiger partial charge in [0.15, 0.2) is 5.69 Å². The fourth-order valence-electron chi connectivity index (χ4n) is 0.890. The van der Waals surface area contributed by atoms with Gasteiger partial charge < -0.3 is 0 Å². The molecule has 0 radical (unpaired) electrons. The molecule has 1 aromatic rings. The number of aryl methyl sites for hydroxylation is 1. The van der Waals surface area contributed by atoms with E-state index in [2.05, 4.69) is 15.1 Å². The van der Waals surface area contributed by atoms with Crippen LogP contribution >= 0.6 is 11.6 Å². The Labute approximate surface area is 82.6 Å². The summed E-state index contributed by atoms with van der Waals surface area (Å²) >= 11 is 5.21. The van der Waals surface area contributed by atoms with Gasteiger partial charge >= 0.3 is 0 Å². The third-order valence-electron chi connectivity index (χ3n) is 1.45. The van der Waals surface area contributed by atoms with Crippen LogP contribution in [0.1, 0.15) is 10.5 Å². The molecule has 0 unspecified atom stereocenters. The van der Waals surface area contributed by atoms with Crippen molar-refractivity contribution in [1.29, 1.82) is 0 Å². The van der Waals surface area contributed by atoms with E-state index in [-0.39, 0.29) is 16.6 Å². The van der Waals surface area contributed by atoms with E-state index in [1.807, 2.05) is 0 Å². The lowest BCUT2D eigenvalue weighted by Crippen LogP contribution is -2.22. The molecule has 0 saturated carbocycles. The van der Waals surface area contributed by atoms with Crippen LogP contribution < -0.4 is 5.23 Å². The quantitative estimate of drug-likeness (QED) is 0.434. The zero-order chi connectivity index (χ0) is 10.7. The molecule has 2 N–H and O–H groups in total. The van der Waals surface area contributed by atoms with Crippen molar-refractivity contribution in [1.82, 2.24) is 9.78 Å². The third kappa shape index (κ3) is 1.84. The lowest BCUT2D eigenvalue weighted by molar-refractivity contribution is -0.402. The second-order valence-corrected chi connectivity index (χ2v) is 2.54. The molecule has 0 spiro atoms. The summed E-state index contributed by atoms with van der Waals surface area (Å²) in [5.74, 6) is 0. The predicted molar refractivity (Wildman–Crippen MR) is 43.3 cm³/mol. The van der Waals surface area contributed by atoms with Gasteiger partial charge in [-0.15, -0.1) is 0 Å². The fourth-order valence-corrected chi connectivity index (χ4v) is 1.11. The monoisotopic (exact) mass is 223 g/mol. The number of nitrogens with zero attached hydrogens (tertiary/aromatic N) is 3. The average molecular weight is 224 g/mol. The van der Waals surface area contributed by atoms with E-state index in [1.165, 1.54) is 7.05 Å². The highest BCUT2D eigenvalue weighted by Crippen LogP contribution is 2.21. The molecule has 0 aliphatic heterocycles. The molecule has 0 saturated heterocycles. The molecule has 0 aliphatic carbocycles. The van der Waals surface area contributed by atoms with E-state index in [0.717, 1.165) is 10.9 Å². The fraction of sp³-hybridized carbons (Fsp3) is 0.200. The second kappa shape index (κ2) is 4.35. The summed E-state index contributed by atoms with van der Waals surface area (Å²) in [5.41, 5.74) is -0.257. The molecule has 1 rings (SSSR count). The SMILES string of the molecule is Cn1ncc(N(OO)OO)c1C(=O)Cl. The molecular weight excluding hydrogens is 218 g/mol. The maximum Gasteiger partial charge on any atom is 0.272 e. The first-order valence-electron chi connectivity index (χ1n) is 3.26. The van der Waals surface area contributed by atoms with Crippen LogP contribution in [-0.4, -0.2) is 25.5 Å². The summed E-state index contributed by atoms with van der Waals surface area (Å²) < 4.78 is 1.12. The molecule has 1 heterocycles. The molecule has 1 aromatic heterocycles. The van der Waals surface area contributed by atoms with Gasteiger partial charge in [-0.3, -0.25) is 9.48 Å². The molecule has 78 valence electrons. The standard InChI is InChI=1S/C5H6ClN3O5/c1-8-4(5(6)10)3(2-7-8)9(13-11)14-12/h2,11-12H,1H3. The van der Waals surface area contributed by atoms with Gasteiger partial charge in [0.25, 0.3) is 5.24 Å². The maximum atomic E-state index is 10.9. The summed E-state index contributed by atoms with van der Waals surface area (Å²) in [6.45, 7) is 0. The summed E-state index contributed by atoms with van der Waals surface area (Å²) in [5, 5.41) is 19.4. The maximum absolute atomic E-state index is 10.9. The lowest BCUT2D eigenvalue weighted by atomic mass is 10.4. The minimum absolute atomic E-state index is 0.116. The Hall–Kier alpha value is -1.19. The molecule has 0 atom stereocenters. The Balaban J connectivity index is 3.13. The van der Waals surface area contributed by atoms with Crippen molar-refractivity contribution in [3.05, 3.63) is 11.9 Å². The number of carbonyl (C=O) groups is 1. The van der Waals surface area contributed by atoms with E-state index in [0.29, 0.717) is 0 Å². The highest BCUT2D eigenvalue weighted by Gasteiger charge is 2.22. The van der Waals surface area contributed by atoms with Crippen molar-refractivity contribution >= 4 is 22.5 Å². The van der Waals surface area contributed by atoms with Crippen molar-refractivity contribution in [2.75, 3.05) is 5.23 Å². The van der Waals surface area contributed by atoms with E-state index < -0.39 is 5.24 Å². The summed E-state index contributed by atoms with van der Waals surface area (Å²) in [7, 11) is 1.44. The van der Waals surface area contributed by atoms with E-state index in [1.54, 1.807) is 0 Å². The minimum atomic E-state index is -0.848. The van der Waals surface area contributed by atoms with Gasteiger partial charge in [-0.05, 0) is 11.6 Å². The van der Waals surface area contributed by atoms with Gasteiger partial charge in [0.05, 0.1) is 6.20 Å². The molecule has 14 heavy (non-hydrogen) atoms. The highest BCUT2D eigenvalue weighted by molar-refractivity contribution is 6.68. The second-order valence-electron chi connectivity index (χ2n) is 2.20. The first-order valence-corrected chi connectivity index (χ1v) is 3.64. The normalized spacial score (nSPS) is 10.3. The van der Waals surface area contributed by atoms with Crippen LogP contribution in [0.5, 0.6) is 0 Å². The third-order valence-corrected chi connectivity index (χ3v) is 1.63. The summed E-state index contributed by atoms with van der Waals surface area (Å²) in [6.07, 6.45) is 1.10. The molecule has 0 amide bonds. The highest BCUT2D eigenvalue weighted by atomic mass is 35.5. The smallest absolute Gasteiger partial charge is 0.272 e. The Bertz CT molecular complexity index is 336. The molecule has 0 aromatic carbocycles. The van der Waals surface area contributed by atoms with Crippen LogP contribution in [0.3, 0.4) is 0 Å². The number of hydrogen-bond donors (Lipinski definition) is 2. The van der Waals surface area contributed by atoms with Crippen molar-refractivity contribution < 1.29 is 25.3 Å². The first-order chi connectivity index (χ1) is 6.61. The van der Waals surface area contributed by atoms with Gasteiger partial charge in [0, 0.05) is 7.05 Å². The average Bonchev–Trinajstić information content (AvgIpc) is 2.50. The summed E-state index contributed by atoms with van der Waals surface area (Å²) in [4.78, 5) is 18.1. The van der Waals surface area contributed by atoms with E-state index in [4.69, 9.17) is 22.1 Å².